The molecule has 1 amide bonds. The van der Waals surface area contributed by atoms with Crippen LogP contribution in [0.15, 0.2) is 29.6 Å². The molecule has 11 heteroatoms. The van der Waals surface area contributed by atoms with Gasteiger partial charge in [-0.15, -0.1) is 11.3 Å². The van der Waals surface area contributed by atoms with Gasteiger partial charge >= 0.3 is 6.18 Å². The predicted octanol–water partition coefficient (Wildman–Crippen LogP) is 4.35. The van der Waals surface area contributed by atoms with E-state index in [0.29, 0.717) is 27.2 Å². The zero-order valence-corrected chi connectivity index (χ0v) is 15.9. The number of carbonyl (C=O) groups excluding carboxylic acids is 1. The number of aromatic nitrogens is 4. The highest BCUT2D eigenvalue weighted by molar-refractivity contribution is 7.71. The van der Waals surface area contributed by atoms with E-state index in [2.05, 4.69) is 20.5 Å². The maximum Gasteiger partial charge on any atom is 0.416 e. The molecule has 1 aliphatic rings. The van der Waals surface area contributed by atoms with Crippen LogP contribution in [0.5, 0.6) is 0 Å². The van der Waals surface area contributed by atoms with E-state index in [1.54, 1.807) is 0 Å². The van der Waals surface area contributed by atoms with Crippen LogP contribution in [-0.4, -0.2) is 25.7 Å². The molecular weight excluding hydrogens is 411 g/mol. The van der Waals surface area contributed by atoms with E-state index in [1.165, 1.54) is 17.5 Å². The van der Waals surface area contributed by atoms with Crippen molar-refractivity contribution in [3.05, 3.63) is 51.5 Å². The molecule has 1 fully saturated rings. The van der Waals surface area contributed by atoms with Crippen LogP contribution in [0.25, 0.3) is 10.6 Å². The summed E-state index contributed by atoms with van der Waals surface area (Å²) < 4.78 is 41.0. The Hall–Kier alpha value is -2.53. The normalized spacial score (nSPS) is 14.2. The van der Waals surface area contributed by atoms with E-state index in [4.69, 9.17) is 12.2 Å². The summed E-state index contributed by atoms with van der Waals surface area (Å²) in [7, 11) is 0. The molecule has 1 saturated carbocycles. The van der Waals surface area contributed by atoms with Gasteiger partial charge in [0.2, 0.25) is 0 Å². The van der Waals surface area contributed by atoms with Crippen LogP contribution in [0.4, 0.5) is 13.2 Å². The molecule has 0 aliphatic heterocycles. The first kappa shape index (κ1) is 18.8. The van der Waals surface area contributed by atoms with Crippen LogP contribution in [0, 0.1) is 4.77 Å². The molecule has 4 rings (SSSR count). The molecule has 0 spiro atoms. The molecule has 146 valence electrons. The highest BCUT2D eigenvalue weighted by atomic mass is 32.1. The van der Waals surface area contributed by atoms with Gasteiger partial charge in [0.25, 0.3) is 5.91 Å². The first-order valence-electron chi connectivity index (χ1n) is 8.40. The number of aromatic amines is 1. The monoisotopic (exact) mass is 425 g/mol. The summed E-state index contributed by atoms with van der Waals surface area (Å²) in [6.07, 6.45) is -2.38. The van der Waals surface area contributed by atoms with Crippen molar-refractivity contribution in [2.45, 2.75) is 31.6 Å². The van der Waals surface area contributed by atoms with Gasteiger partial charge in [-0.2, -0.15) is 18.3 Å². The molecule has 2 aromatic heterocycles. The minimum atomic E-state index is -4.43. The summed E-state index contributed by atoms with van der Waals surface area (Å²) in [5.41, 5.74) is -0.299. The SMILES string of the molecule is O=C(NCc1n[nH]c(=S)n1C1CC1)c1csc(-c2cccc(C(F)(F)F)c2)n1. The Labute approximate surface area is 166 Å². The van der Waals surface area contributed by atoms with Crippen molar-refractivity contribution in [1.82, 2.24) is 25.1 Å². The number of alkyl halides is 3. The third-order valence-corrected chi connectivity index (χ3v) is 5.45. The van der Waals surface area contributed by atoms with Gasteiger partial charge in [-0.05, 0) is 37.2 Å². The molecular formula is C17H14F3N5OS2. The first-order valence-corrected chi connectivity index (χ1v) is 9.69. The Balaban J connectivity index is 1.47. The predicted molar refractivity (Wildman–Crippen MR) is 99.4 cm³/mol. The molecule has 6 nitrogen and oxygen atoms in total. The molecule has 2 heterocycles. The summed E-state index contributed by atoms with van der Waals surface area (Å²) in [6.45, 7) is 0.179. The largest absolute Gasteiger partial charge is 0.416 e. The lowest BCUT2D eigenvalue weighted by molar-refractivity contribution is -0.137. The standard InChI is InChI=1S/C17H14F3N5OS2/c18-17(19,20)10-3-1-2-9(6-10)15-22-12(8-28-15)14(26)21-7-13-23-24-16(27)25(13)11-4-5-11/h1-3,6,8,11H,4-5,7H2,(H,21,26)(H,24,27). The molecule has 1 aliphatic carbocycles. The Morgan fingerprint density at radius 1 is 1.39 bits per heavy atom. The highest BCUT2D eigenvalue weighted by Crippen LogP contribution is 2.36. The molecule has 0 atom stereocenters. The van der Waals surface area contributed by atoms with Gasteiger partial charge in [0.1, 0.15) is 10.7 Å². The smallest absolute Gasteiger partial charge is 0.343 e. The summed E-state index contributed by atoms with van der Waals surface area (Å²) in [6, 6.07) is 5.19. The van der Waals surface area contributed by atoms with Crippen molar-refractivity contribution in [3.63, 3.8) is 0 Å². The van der Waals surface area contributed by atoms with E-state index < -0.39 is 17.6 Å². The average Bonchev–Trinajstić information content (AvgIpc) is 3.24. The number of halogens is 3. The number of carbonyl (C=O) groups is 1. The van der Waals surface area contributed by atoms with Crippen LogP contribution in [-0.2, 0) is 12.7 Å². The second-order valence-electron chi connectivity index (χ2n) is 6.35. The van der Waals surface area contributed by atoms with Crippen molar-refractivity contribution in [2.75, 3.05) is 0 Å². The number of thiazole rings is 1. The number of benzene rings is 1. The number of hydrogen-bond acceptors (Lipinski definition) is 5. The fourth-order valence-electron chi connectivity index (χ4n) is 2.76. The second kappa shape index (κ2) is 7.13. The van der Waals surface area contributed by atoms with Crippen molar-refractivity contribution in [3.8, 4) is 10.6 Å². The van der Waals surface area contributed by atoms with E-state index in [9.17, 15) is 18.0 Å². The lowest BCUT2D eigenvalue weighted by atomic mass is 10.1. The molecule has 0 unspecified atom stereocenters. The summed E-state index contributed by atoms with van der Waals surface area (Å²) in [4.78, 5) is 16.5. The molecule has 0 bridgehead atoms. The number of nitrogens with one attached hydrogen (secondary N) is 2. The molecule has 2 N–H and O–H groups in total. The Morgan fingerprint density at radius 2 is 2.18 bits per heavy atom. The van der Waals surface area contributed by atoms with Crippen LogP contribution in [0.3, 0.4) is 0 Å². The van der Waals surface area contributed by atoms with Gasteiger partial charge in [-0.3, -0.25) is 14.5 Å². The Kier molecular flexibility index (Phi) is 4.79. The average molecular weight is 425 g/mol. The van der Waals surface area contributed by atoms with E-state index in [-0.39, 0.29) is 12.2 Å². The number of H-pyrrole nitrogens is 1. The summed E-state index contributed by atoms with van der Waals surface area (Å²) in [5, 5.41) is 11.4. The van der Waals surface area contributed by atoms with E-state index in [1.807, 2.05) is 4.57 Å². The maximum absolute atomic E-state index is 12.9. The Morgan fingerprint density at radius 3 is 2.89 bits per heavy atom. The topological polar surface area (TPSA) is 75.6 Å². The third-order valence-electron chi connectivity index (χ3n) is 4.27. The maximum atomic E-state index is 12.9. The Bertz CT molecular complexity index is 1080. The molecule has 0 saturated heterocycles. The van der Waals surface area contributed by atoms with Gasteiger partial charge in [-0.25, -0.2) is 4.98 Å². The second-order valence-corrected chi connectivity index (χ2v) is 7.59. The quantitative estimate of drug-likeness (QED) is 0.596. The lowest BCUT2D eigenvalue weighted by Gasteiger charge is -2.07. The minimum Gasteiger partial charge on any atom is -0.343 e. The lowest BCUT2D eigenvalue weighted by Crippen LogP contribution is -2.25. The van der Waals surface area contributed by atoms with Gasteiger partial charge in [-0.1, -0.05) is 12.1 Å². The molecule has 0 radical (unpaired) electrons. The number of rotatable bonds is 5. The van der Waals surface area contributed by atoms with Gasteiger partial charge in [0.15, 0.2) is 10.6 Å². The number of nitrogens with zero attached hydrogens (tertiary/aromatic N) is 3. The van der Waals surface area contributed by atoms with Crippen LogP contribution >= 0.6 is 23.6 Å². The number of amides is 1. The summed E-state index contributed by atoms with van der Waals surface area (Å²) in [5.74, 6) is 0.208. The zero-order chi connectivity index (χ0) is 19.9. The van der Waals surface area contributed by atoms with Crippen molar-refractivity contribution < 1.29 is 18.0 Å². The zero-order valence-electron chi connectivity index (χ0n) is 14.3. The molecule has 1 aromatic carbocycles. The van der Waals surface area contributed by atoms with Gasteiger partial charge < -0.3 is 5.32 Å². The van der Waals surface area contributed by atoms with Crippen LogP contribution in [0.2, 0.25) is 0 Å². The number of hydrogen-bond donors (Lipinski definition) is 2. The van der Waals surface area contributed by atoms with E-state index >= 15 is 0 Å². The van der Waals surface area contributed by atoms with Crippen LogP contribution in [0.1, 0.15) is 40.8 Å². The first-order chi connectivity index (χ1) is 13.3. The fraction of sp³-hybridized carbons (Fsp3) is 0.294. The van der Waals surface area contributed by atoms with Crippen molar-refractivity contribution in [1.29, 1.82) is 0 Å². The molecule has 3 aromatic rings. The van der Waals surface area contributed by atoms with Crippen molar-refractivity contribution >= 4 is 29.5 Å². The van der Waals surface area contributed by atoms with Crippen LogP contribution < -0.4 is 5.32 Å². The van der Waals surface area contributed by atoms with Gasteiger partial charge in [0, 0.05) is 17.0 Å². The minimum absolute atomic E-state index is 0.143. The molecule has 28 heavy (non-hydrogen) atoms. The fourth-order valence-corrected chi connectivity index (χ4v) is 3.86. The van der Waals surface area contributed by atoms with Crippen molar-refractivity contribution in [2.24, 2.45) is 0 Å². The third kappa shape index (κ3) is 3.85. The highest BCUT2D eigenvalue weighted by Gasteiger charge is 2.31. The van der Waals surface area contributed by atoms with Gasteiger partial charge in [0.05, 0.1) is 12.1 Å². The van der Waals surface area contributed by atoms with E-state index in [0.717, 1.165) is 36.3 Å². The summed E-state index contributed by atoms with van der Waals surface area (Å²) >= 11 is 6.31.